The van der Waals surface area contributed by atoms with Crippen LogP contribution in [-0.2, 0) is 16.4 Å². The molecule has 1 saturated heterocycles. The number of nitrogens with zero attached hydrogens (tertiary/aromatic N) is 2. The highest BCUT2D eigenvalue weighted by atomic mass is 35.5. The maximum atomic E-state index is 12.1. The van der Waals surface area contributed by atoms with E-state index >= 15 is 0 Å². The van der Waals surface area contributed by atoms with Gasteiger partial charge in [-0.05, 0) is 17.7 Å². The van der Waals surface area contributed by atoms with Gasteiger partial charge in [-0.3, -0.25) is 4.90 Å². The second-order valence-corrected chi connectivity index (χ2v) is 8.42. The van der Waals surface area contributed by atoms with Gasteiger partial charge in [0.1, 0.15) is 10.5 Å². The molecule has 1 aliphatic heterocycles. The van der Waals surface area contributed by atoms with E-state index in [0.29, 0.717) is 17.5 Å². The SMILES string of the molecule is CCS(=O)(=O)C1CSCCN1Cc1ccnc(Cl)c1. The summed E-state index contributed by atoms with van der Waals surface area (Å²) in [6.07, 6.45) is 1.65. The molecule has 0 radical (unpaired) electrons. The fraction of sp³-hybridized carbons (Fsp3) is 0.583. The third kappa shape index (κ3) is 3.84. The number of thioether (sulfide) groups is 1. The Kier molecular flexibility index (Phi) is 5.11. The van der Waals surface area contributed by atoms with Crippen molar-refractivity contribution in [3.05, 3.63) is 29.0 Å². The van der Waals surface area contributed by atoms with Gasteiger partial charge in [0, 0.05) is 36.5 Å². The van der Waals surface area contributed by atoms with Crippen LogP contribution in [0.25, 0.3) is 0 Å². The van der Waals surface area contributed by atoms with Gasteiger partial charge in [0.05, 0.1) is 0 Å². The molecule has 2 heterocycles. The molecule has 1 aliphatic rings. The maximum Gasteiger partial charge on any atom is 0.166 e. The van der Waals surface area contributed by atoms with Crippen molar-refractivity contribution in [1.82, 2.24) is 9.88 Å². The fourth-order valence-electron chi connectivity index (χ4n) is 2.09. The van der Waals surface area contributed by atoms with Crippen molar-refractivity contribution < 1.29 is 8.42 Å². The Hall–Kier alpha value is -0.300. The van der Waals surface area contributed by atoms with E-state index in [1.54, 1.807) is 30.9 Å². The Balaban J connectivity index is 2.17. The van der Waals surface area contributed by atoms with Crippen LogP contribution in [0.3, 0.4) is 0 Å². The van der Waals surface area contributed by atoms with E-state index in [0.717, 1.165) is 17.9 Å². The summed E-state index contributed by atoms with van der Waals surface area (Å²) in [5.41, 5.74) is 1.00. The largest absolute Gasteiger partial charge is 0.281 e. The first kappa shape index (κ1) is 15.1. The van der Waals surface area contributed by atoms with Gasteiger partial charge in [-0.1, -0.05) is 18.5 Å². The summed E-state index contributed by atoms with van der Waals surface area (Å²) in [6.45, 7) is 3.09. The average Bonchev–Trinajstić information content (AvgIpc) is 2.39. The van der Waals surface area contributed by atoms with Gasteiger partial charge in [0.2, 0.25) is 0 Å². The van der Waals surface area contributed by atoms with Crippen LogP contribution < -0.4 is 0 Å². The van der Waals surface area contributed by atoms with Crippen molar-refractivity contribution in [2.24, 2.45) is 0 Å². The van der Waals surface area contributed by atoms with E-state index in [9.17, 15) is 8.42 Å². The van der Waals surface area contributed by atoms with Crippen LogP contribution in [0.2, 0.25) is 5.15 Å². The highest BCUT2D eigenvalue weighted by Gasteiger charge is 2.32. The zero-order chi connectivity index (χ0) is 13.9. The molecule has 1 atom stereocenters. The van der Waals surface area contributed by atoms with Crippen molar-refractivity contribution in [1.29, 1.82) is 0 Å². The Morgan fingerprint density at radius 2 is 2.37 bits per heavy atom. The molecule has 0 amide bonds. The monoisotopic (exact) mass is 320 g/mol. The van der Waals surface area contributed by atoms with Crippen molar-refractivity contribution in [2.45, 2.75) is 18.8 Å². The molecule has 0 saturated carbocycles. The normalized spacial score (nSPS) is 21.5. The topological polar surface area (TPSA) is 50.3 Å². The van der Waals surface area contributed by atoms with Gasteiger partial charge in [0.25, 0.3) is 0 Å². The average molecular weight is 321 g/mol. The first-order valence-corrected chi connectivity index (χ1v) is 9.41. The van der Waals surface area contributed by atoms with E-state index < -0.39 is 9.84 Å². The summed E-state index contributed by atoms with van der Waals surface area (Å²) in [7, 11) is -3.04. The molecule has 1 fully saturated rings. The number of sulfone groups is 1. The molecule has 0 bridgehead atoms. The number of hydrogen-bond acceptors (Lipinski definition) is 5. The highest BCUT2D eigenvalue weighted by molar-refractivity contribution is 8.01. The summed E-state index contributed by atoms with van der Waals surface area (Å²) < 4.78 is 24.3. The number of pyridine rings is 1. The summed E-state index contributed by atoms with van der Waals surface area (Å²) in [5.74, 6) is 1.80. The zero-order valence-electron chi connectivity index (χ0n) is 10.8. The lowest BCUT2D eigenvalue weighted by atomic mass is 10.2. The number of aromatic nitrogens is 1. The second-order valence-electron chi connectivity index (χ2n) is 4.44. The van der Waals surface area contributed by atoms with Crippen LogP contribution in [0.15, 0.2) is 18.3 Å². The summed E-state index contributed by atoms with van der Waals surface area (Å²) in [6, 6.07) is 3.67. The molecule has 106 valence electrons. The van der Waals surface area contributed by atoms with Gasteiger partial charge >= 0.3 is 0 Å². The Labute approximate surface area is 123 Å². The van der Waals surface area contributed by atoms with Crippen molar-refractivity contribution in [3.8, 4) is 0 Å². The van der Waals surface area contributed by atoms with E-state index in [-0.39, 0.29) is 11.1 Å². The standard InChI is InChI=1S/C12H17ClN2O2S2/c1-2-19(16,17)12-9-18-6-5-15(12)8-10-3-4-14-11(13)7-10/h3-4,7,12H,2,5-6,8-9H2,1H3. The van der Waals surface area contributed by atoms with Gasteiger partial charge in [-0.15, -0.1) is 0 Å². The minimum atomic E-state index is -3.04. The van der Waals surface area contributed by atoms with Crippen LogP contribution in [-0.4, -0.2) is 47.5 Å². The number of hydrogen-bond donors (Lipinski definition) is 0. The Bertz CT molecular complexity index is 536. The van der Waals surface area contributed by atoms with Crippen LogP contribution >= 0.6 is 23.4 Å². The molecule has 0 aromatic carbocycles. The van der Waals surface area contributed by atoms with Crippen LogP contribution in [0, 0.1) is 0 Å². The first-order valence-electron chi connectivity index (χ1n) is 6.16. The predicted molar refractivity (Wildman–Crippen MR) is 80.2 cm³/mol. The summed E-state index contributed by atoms with van der Waals surface area (Å²) in [5, 5.41) is 0.0574. The lowest BCUT2D eigenvalue weighted by Gasteiger charge is -2.34. The summed E-state index contributed by atoms with van der Waals surface area (Å²) >= 11 is 7.57. The minimum absolute atomic E-state index is 0.186. The quantitative estimate of drug-likeness (QED) is 0.795. The van der Waals surface area contributed by atoms with Crippen molar-refractivity contribution in [3.63, 3.8) is 0 Å². The molecule has 4 nitrogen and oxygen atoms in total. The third-order valence-electron chi connectivity index (χ3n) is 3.18. The second kappa shape index (κ2) is 6.43. The van der Waals surface area contributed by atoms with Gasteiger partial charge in [-0.2, -0.15) is 11.8 Å². The molecule has 19 heavy (non-hydrogen) atoms. The molecular weight excluding hydrogens is 304 g/mol. The van der Waals surface area contributed by atoms with E-state index in [1.807, 2.05) is 11.0 Å². The van der Waals surface area contributed by atoms with Crippen molar-refractivity contribution >= 4 is 33.2 Å². The minimum Gasteiger partial charge on any atom is -0.281 e. The lowest BCUT2D eigenvalue weighted by Crippen LogP contribution is -2.47. The fourth-order valence-corrected chi connectivity index (χ4v) is 5.37. The molecular formula is C12H17ClN2O2S2. The zero-order valence-corrected chi connectivity index (χ0v) is 13.1. The molecule has 0 spiro atoms. The van der Waals surface area contributed by atoms with E-state index in [2.05, 4.69) is 4.98 Å². The van der Waals surface area contributed by atoms with Gasteiger partial charge in [-0.25, -0.2) is 13.4 Å². The number of halogens is 1. The van der Waals surface area contributed by atoms with Crippen LogP contribution in [0.5, 0.6) is 0 Å². The Morgan fingerprint density at radius 3 is 3.05 bits per heavy atom. The highest BCUT2D eigenvalue weighted by Crippen LogP contribution is 2.23. The molecule has 1 unspecified atom stereocenters. The summed E-state index contributed by atoms with van der Waals surface area (Å²) in [4.78, 5) is 5.97. The molecule has 7 heteroatoms. The van der Waals surface area contributed by atoms with Crippen LogP contribution in [0.1, 0.15) is 12.5 Å². The third-order valence-corrected chi connectivity index (χ3v) is 6.72. The maximum absolute atomic E-state index is 12.1. The molecule has 1 aromatic rings. The van der Waals surface area contributed by atoms with Crippen molar-refractivity contribution in [2.75, 3.05) is 23.8 Å². The molecule has 0 N–H and O–H groups in total. The van der Waals surface area contributed by atoms with E-state index in [4.69, 9.17) is 11.6 Å². The lowest BCUT2D eigenvalue weighted by molar-refractivity contribution is 0.261. The smallest absolute Gasteiger partial charge is 0.166 e. The Morgan fingerprint density at radius 1 is 1.58 bits per heavy atom. The molecule has 1 aromatic heterocycles. The van der Waals surface area contributed by atoms with Crippen LogP contribution in [0.4, 0.5) is 0 Å². The molecule has 0 aliphatic carbocycles. The van der Waals surface area contributed by atoms with E-state index in [1.165, 1.54) is 0 Å². The van der Waals surface area contributed by atoms with Gasteiger partial charge in [0.15, 0.2) is 9.84 Å². The predicted octanol–water partition coefficient (Wildman–Crippen LogP) is 2.04. The molecule has 2 rings (SSSR count). The van der Waals surface area contributed by atoms with Gasteiger partial charge < -0.3 is 0 Å². The number of rotatable bonds is 4. The first-order chi connectivity index (χ1) is 9.03.